The number of nitrogens with zero attached hydrogens (tertiary/aromatic N) is 1. The van der Waals surface area contributed by atoms with Crippen LogP contribution in [0.4, 0.5) is 4.79 Å². The van der Waals surface area contributed by atoms with Crippen molar-refractivity contribution in [3.05, 3.63) is 59.7 Å². The van der Waals surface area contributed by atoms with Crippen molar-refractivity contribution in [2.24, 2.45) is 5.92 Å². The molecule has 2 atom stereocenters. The van der Waals surface area contributed by atoms with E-state index in [2.05, 4.69) is 29.6 Å². The third-order valence-electron chi connectivity index (χ3n) is 7.30. The van der Waals surface area contributed by atoms with Gasteiger partial charge in [0.1, 0.15) is 6.61 Å². The standard InChI is InChI=1S/C28H34N2O5/c1-18-12-13-19(26(32)33)16-30(18)25(31)14-15-28(2,3)29-27(34)35-17-24-22-10-6-4-8-20(22)21-9-5-7-11-23(21)24/h4-11,18-19,24H,12-17H2,1-3H3,(H,29,34)(H,32,33). The molecule has 35 heavy (non-hydrogen) atoms. The molecule has 0 saturated carbocycles. The highest BCUT2D eigenvalue weighted by atomic mass is 16.5. The van der Waals surface area contributed by atoms with E-state index in [1.807, 2.05) is 45.0 Å². The number of aliphatic carboxylic acids is 1. The maximum absolute atomic E-state index is 12.8. The number of ether oxygens (including phenoxy) is 1. The third-order valence-corrected chi connectivity index (χ3v) is 7.30. The number of piperidine rings is 1. The monoisotopic (exact) mass is 478 g/mol. The summed E-state index contributed by atoms with van der Waals surface area (Å²) >= 11 is 0. The van der Waals surface area contributed by atoms with E-state index in [1.165, 1.54) is 11.1 Å². The second-order valence-electron chi connectivity index (χ2n) is 10.3. The highest BCUT2D eigenvalue weighted by Crippen LogP contribution is 2.44. The van der Waals surface area contributed by atoms with E-state index in [-0.39, 0.29) is 37.4 Å². The minimum absolute atomic E-state index is 0.0133. The Balaban J connectivity index is 1.30. The molecule has 1 saturated heterocycles. The van der Waals surface area contributed by atoms with Crippen LogP contribution in [0.3, 0.4) is 0 Å². The van der Waals surface area contributed by atoms with E-state index in [0.717, 1.165) is 11.1 Å². The van der Waals surface area contributed by atoms with Crippen LogP contribution in [0.1, 0.15) is 63.5 Å². The second-order valence-corrected chi connectivity index (χ2v) is 10.3. The first kappa shape index (κ1) is 24.8. The number of alkyl carbamates (subject to hydrolysis) is 1. The molecule has 1 aliphatic heterocycles. The zero-order valence-corrected chi connectivity index (χ0v) is 20.6. The molecule has 2 N–H and O–H groups in total. The maximum atomic E-state index is 12.8. The predicted octanol–water partition coefficient (Wildman–Crippen LogP) is 4.80. The Morgan fingerprint density at radius 2 is 1.63 bits per heavy atom. The first-order valence-corrected chi connectivity index (χ1v) is 12.3. The van der Waals surface area contributed by atoms with E-state index < -0.39 is 23.5 Å². The molecule has 0 spiro atoms. The van der Waals surface area contributed by atoms with Gasteiger partial charge in [0.2, 0.25) is 5.91 Å². The summed E-state index contributed by atoms with van der Waals surface area (Å²) in [4.78, 5) is 38.5. The average Bonchev–Trinajstić information content (AvgIpc) is 3.15. The van der Waals surface area contributed by atoms with Crippen LogP contribution in [0.5, 0.6) is 0 Å². The molecule has 0 radical (unpaired) electrons. The number of carboxylic acids is 1. The summed E-state index contributed by atoms with van der Waals surface area (Å²) < 4.78 is 5.65. The lowest BCUT2D eigenvalue weighted by atomic mass is 9.92. The van der Waals surface area contributed by atoms with Gasteiger partial charge in [0, 0.05) is 30.5 Å². The van der Waals surface area contributed by atoms with Gasteiger partial charge in [0.05, 0.1) is 5.92 Å². The van der Waals surface area contributed by atoms with Gasteiger partial charge >= 0.3 is 12.1 Å². The molecule has 2 aliphatic rings. The molecule has 1 heterocycles. The Hall–Kier alpha value is -3.35. The highest BCUT2D eigenvalue weighted by molar-refractivity contribution is 5.80. The number of carbonyl (C=O) groups is 3. The fourth-order valence-electron chi connectivity index (χ4n) is 5.19. The minimum atomic E-state index is -0.855. The van der Waals surface area contributed by atoms with Crippen LogP contribution >= 0.6 is 0 Å². The van der Waals surface area contributed by atoms with Gasteiger partial charge in [-0.05, 0) is 62.3 Å². The fraction of sp³-hybridized carbons (Fsp3) is 0.464. The topological polar surface area (TPSA) is 95.9 Å². The maximum Gasteiger partial charge on any atom is 0.407 e. The number of benzene rings is 2. The third kappa shape index (κ3) is 5.50. The number of likely N-dealkylation sites (tertiary alicyclic amines) is 1. The van der Waals surface area contributed by atoms with Gasteiger partial charge in [-0.2, -0.15) is 0 Å². The summed E-state index contributed by atoms with van der Waals surface area (Å²) in [5.41, 5.74) is 4.01. The molecule has 2 aromatic carbocycles. The molecular weight excluding hydrogens is 444 g/mol. The molecule has 1 aliphatic carbocycles. The van der Waals surface area contributed by atoms with Gasteiger partial charge in [0.25, 0.3) is 0 Å². The van der Waals surface area contributed by atoms with Crippen molar-refractivity contribution in [2.45, 2.75) is 64.0 Å². The molecule has 2 amide bonds. The smallest absolute Gasteiger partial charge is 0.407 e. The number of hydrogen-bond donors (Lipinski definition) is 2. The Bertz CT molecular complexity index is 1070. The van der Waals surface area contributed by atoms with E-state index in [1.54, 1.807) is 4.90 Å². The van der Waals surface area contributed by atoms with Crippen molar-refractivity contribution in [1.82, 2.24) is 10.2 Å². The van der Waals surface area contributed by atoms with Crippen LogP contribution < -0.4 is 5.32 Å². The summed E-state index contributed by atoms with van der Waals surface area (Å²) in [6.07, 6.45) is 1.42. The summed E-state index contributed by atoms with van der Waals surface area (Å²) in [7, 11) is 0. The van der Waals surface area contributed by atoms with Crippen LogP contribution in [0.15, 0.2) is 48.5 Å². The fourth-order valence-corrected chi connectivity index (χ4v) is 5.19. The summed E-state index contributed by atoms with van der Waals surface area (Å²) in [6, 6.07) is 16.4. The lowest BCUT2D eigenvalue weighted by Crippen LogP contribution is -2.49. The van der Waals surface area contributed by atoms with Gasteiger partial charge in [-0.1, -0.05) is 48.5 Å². The Morgan fingerprint density at radius 3 is 2.23 bits per heavy atom. The molecule has 2 unspecified atom stereocenters. The van der Waals surface area contributed by atoms with Gasteiger partial charge in [-0.3, -0.25) is 9.59 Å². The first-order chi connectivity index (χ1) is 16.7. The largest absolute Gasteiger partial charge is 0.481 e. The molecule has 7 heteroatoms. The van der Waals surface area contributed by atoms with Gasteiger partial charge in [-0.25, -0.2) is 4.79 Å². The average molecular weight is 479 g/mol. The van der Waals surface area contributed by atoms with Crippen LogP contribution in [0.2, 0.25) is 0 Å². The van der Waals surface area contributed by atoms with Crippen molar-refractivity contribution >= 4 is 18.0 Å². The molecule has 2 aromatic rings. The van der Waals surface area contributed by atoms with Gasteiger partial charge in [-0.15, -0.1) is 0 Å². The molecule has 0 aromatic heterocycles. The lowest BCUT2D eigenvalue weighted by Gasteiger charge is -2.37. The van der Waals surface area contributed by atoms with E-state index in [9.17, 15) is 19.5 Å². The van der Waals surface area contributed by atoms with Crippen molar-refractivity contribution in [3.63, 3.8) is 0 Å². The van der Waals surface area contributed by atoms with Crippen molar-refractivity contribution < 1.29 is 24.2 Å². The van der Waals surface area contributed by atoms with E-state index >= 15 is 0 Å². The quantitative estimate of drug-likeness (QED) is 0.596. The zero-order chi connectivity index (χ0) is 25.2. The van der Waals surface area contributed by atoms with Crippen molar-refractivity contribution in [2.75, 3.05) is 13.2 Å². The van der Waals surface area contributed by atoms with Gasteiger partial charge in [0.15, 0.2) is 0 Å². The summed E-state index contributed by atoms with van der Waals surface area (Å²) in [5.74, 6) is -1.46. The second kappa shape index (κ2) is 10.1. The molecular formula is C28H34N2O5. The van der Waals surface area contributed by atoms with Crippen LogP contribution in [-0.4, -0.2) is 52.7 Å². The lowest BCUT2D eigenvalue weighted by molar-refractivity contribution is -0.147. The highest BCUT2D eigenvalue weighted by Gasteiger charge is 2.34. The Kier molecular flexibility index (Phi) is 7.15. The number of fused-ring (bicyclic) bond motifs is 3. The Labute approximate surface area is 206 Å². The number of carbonyl (C=O) groups excluding carboxylic acids is 2. The van der Waals surface area contributed by atoms with Crippen molar-refractivity contribution in [3.8, 4) is 11.1 Å². The van der Waals surface area contributed by atoms with E-state index in [0.29, 0.717) is 19.3 Å². The molecule has 1 fully saturated rings. The first-order valence-electron chi connectivity index (χ1n) is 12.3. The van der Waals surface area contributed by atoms with Crippen LogP contribution in [0, 0.1) is 5.92 Å². The summed E-state index contributed by atoms with van der Waals surface area (Å²) in [6.45, 7) is 6.16. The minimum Gasteiger partial charge on any atom is -0.481 e. The number of hydrogen-bond acceptors (Lipinski definition) is 4. The van der Waals surface area contributed by atoms with E-state index in [4.69, 9.17) is 4.74 Å². The number of nitrogens with one attached hydrogen (secondary N) is 1. The Morgan fingerprint density at radius 1 is 1.03 bits per heavy atom. The SMILES string of the molecule is CC1CCC(C(=O)O)CN1C(=O)CCC(C)(C)NC(=O)OCC1c2ccccc2-c2ccccc21. The number of carboxylic acid groups (broad SMARTS) is 1. The molecule has 0 bridgehead atoms. The van der Waals surface area contributed by atoms with Gasteiger partial charge < -0.3 is 20.1 Å². The van der Waals surface area contributed by atoms with Crippen molar-refractivity contribution in [1.29, 1.82) is 0 Å². The molecule has 4 rings (SSSR count). The number of amides is 2. The van der Waals surface area contributed by atoms with Crippen LogP contribution in [0.25, 0.3) is 11.1 Å². The molecule has 7 nitrogen and oxygen atoms in total. The predicted molar refractivity (Wildman–Crippen MR) is 133 cm³/mol. The summed E-state index contributed by atoms with van der Waals surface area (Å²) in [5, 5.41) is 12.2. The normalized spacial score (nSPS) is 19.6. The van der Waals surface area contributed by atoms with Crippen LogP contribution in [-0.2, 0) is 14.3 Å². The molecule has 186 valence electrons. The number of rotatable bonds is 7. The zero-order valence-electron chi connectivity index (χ0n) is 20.6.